The molecule has 0 heterocycles. The van der Waals surface area contributed by atoms with Gasteiger partial charge in [0.2, 0.25) is 0 Å². The van der Waals surface area contributed by atoms with E-state index in [0.717, 1.165) is 0 Å². The summed E-state index contributed by atoms with van der Waals surface area (Å²) in [5.74, 6) is -1.45. The van der Waals surface area contributed by atoms with Crippen molar-refractivity contribution in [3.8, 4) is 0 Å². The van der Waals surface area contributed by atoms with Crippen molar-refractivity contribution >= 4 is 27.8 Å². The monoisotopic (exact) mass is 345 g/mol. The first-order valence-corrected chi connectivity index (χ1v) is 7.03. The Hall–Kier alpha value is -1.43. The Labute approximate surface area is 125 Å². The summed E-state index contributed by atoms with van der Waals surface area (Å²) in [6, 6.07) is 3.02. The number of ether oxygens (including phenoxy) is 1. The highest BCUT2D eigenvalue weighted by Crippen LogP contribution is 2.19. The molecule has 6 heteroatoms. The fourth-order valence-electron chi connectivity index (χ4n) is 1.69. The third kappa shape index (κ3) is 4.03. The molecule has 1 amide bonds. The molecule has 0 bridgehead atoms. The summed E-state index contributed by atoms with van der Waals surface area (Å²) in [5.41, 5.74) is 0.267. The van der Waals surface area contributed by atoms with Gasteiger partial charge in [-0.1, -0.05) is 20.3 Å². The van der Waals surface area contributed by atoms with Crippen LogP contribution in [0.3, 0.4) is 0 Å². The molecule has 1 aromatic rings. The van der Waals surface area contributed by atoms with Gasteiger partial charge in [0.25, 0.3) is 5.91 Å². The van der Waals surface area contributed by atoms with E-state index in [1.807, 2.05) is 13.8 Å². The maximum atomic E-state index is 13.0. The molecule has 0 aliphatic rings. The first-order valence-electron chi connectivity index (χ1n) is 6.24. The Kier molecular flexibility index (Phi) is 6.13. The van der Waals surface area contributed by atoms with Crippen LogP contribution in [-0.2, 0) is 9.53 Å². The Balaban J connectivity index is 2.93. The predicted molar refractivity (Wildman–Crippen MR) is 76.8 cm³/mol. The summed E-state index contributed by atoms with van der Waals surface area (Å²) in [4.78, 5) is 23.9. The average molecular weight is 346 g/mol. The summed E-state index contributed by atoms with van der Waals surface area (Å²) in [6.07, 6.45) is 0.713. The number of nitrogens with one attached hydrogen (secondary N) is 1. The molecule has 0 aliphatic carbocycles. The van der Waals surface area contributed by atoms with Crippen LogP contribution >= 0.6 is 15.9 Å². The van der Waals surface area contributed by atoms with E-state index >= 15 is 0 Å². The van der Waals surface area contributed by atoms with E-state index in [-0.39, 0.29) is 11.5 Å². The molecule has 0 fully saturated rings. The molecule has 1 aromatic carbocycles. The zero-order valence-electron chi connectivity index (χ0n) is 11.6. The summed E-state index contributed by atoms with van der Waals surface area (Å²) in [6.45, 7) is 3.77. The standard InChI is InChI=1S/C14H17BrFNO3/c1-4-8(2)12(14(19)20-3)17-13(18)10-6-5-9(16)7-11(10)15/h5-8,12H,4H2,1-3H3,(H,17,18)/t8-,12-/m0/s1. The lowest BCUT2D eigenvalue weighted by molar-refractivity contribution is -0.144. The second-order valence-corrected chi connectivity index (χ2v) is 5.34. The Morgan fingerprint density at radius 1 is 1.45 bits per heavy atom. The van der Waals surface area contributed by atoms with E-state index in [1.165, 1.54) is 25.3 Å². The fraction of sp³-hybridized carbons (Fsp3) is 0.429. The minimum absolute atomic E-state index is 0.0642. The number of methoxy groups -OCH3 is 1. The molecule has 0 saturated heterocycles. The molecule has 1 N–H and O–H groups in total. The molecule has 0 spiro atoms. The summed E-state index contributed by atoms with van der Waals surface area (Å²) >= 11 is 3.13. The lowest BCUT2D eigenvalue weighted by Crippen LogP contribution is -2.45. The highest BCUT2D eigenvalue weighted by Gasteiger charge is 2.27. The largest absolute Gasteiger partial charge is 0.467 e. The molecule has 0 radical (unpaired) electrons. The number of carbonyl (C=O) groups excluding carboxylic acids is 2. The van der Waals surface area contributed by atoms with Crippen molar-refractivity contribution in [1.82, 2.24) is 5.32 Å². The number of rotatable bonds is 5. The normalized spacial score (nSPS) is 13.4. The van der Waals surface area contributed by atoms with Crippen LogP contribution in [0.2, 0.25) is 0 Å². The first-order chi connectivity index (χ1) is 9.40. The number of carbonyl (C=O) groups is 2. The van der Waals surface area contributed by atoms with Crippen molar-refractivity contribution in [2.24, 2.45) is 5.92 Å². The first kappa shape index (κ1) is 16.6. The maximum Gasteiger partial charge on any atom is 0.328 e. The maximum absolute atomic E-state index is 13.0. The SMILES string of the molecule is CC[C@H](C)[C@H](NC(=O)c1ccc(F)cc1Br)C(=O)OC. The third-order valence-corrected chi connectivity index (χ3v) is 3.79. The van der Waals surface area contributed by atoms with Gasteiger partial charge in [0, 0.05) is 4.47 Å². The van der Waals surface area contributed by atoms with Gasteiger partial charge < -0.3 is 10.1 Å². The van der Waals surface area contributed by atoms with Crippen LogP contribution in [0.25, 0.3) is 0 Å². The van der Waals surface area contributed by atoms with Gasteiger partial charge in [0.15, 0.2) is 0 Å². The van der Waals surface area contributed by atoms with Crippen LogP contribution < -0.4 is 5.32 Å². The number of halogens is 2. The van der Waals surface area contributed by atoms with E-state index in [1.54, 1.807) is 0 Å². The number of amides is 1. The predicted octanol–water partition coefficient (Wildman–Crippen LogP) is 2.91. The van der Waals surface area contributed by atoms with E-state index in [4.69, 9.17) is 4.74 Å². The lowest BCUT2D eigenvalue weighted by atomic mass is 9.99. The molecule has 1 rings (SSSR count). The van der Waals surface area contributed by atoms with Crippen molar-refractivity contribution in [3.63, 3.8) is 0 Å². The Bertz CT molecular complexity index is 507. The molecule has 2 atom stereocenters. The quantitative estimate of drug-likeness (QED) is 0.834. The number of hydrogen-bond donors (Lipinski definition) is 1. The van der Waals surface area contributed by atoms with Crippen molar-refractivity contribution < 1.29 is 18.7 Å². The van der Waals surface area contributed by atoms with Crippen LogP contribution in [0.4, 0.5) is 4.39 Å². The minimum Gasteiger partial charge on any atom is -0.467 e. The van der Waals surface area contributed by atoms with Gasteiger partial charge in [0.1, 0.15) is 11.9 Å². The number of esters is 1. The van der Waals surface area contributed by atoms with Gasteiger partial charge >= 0.3 is 5.97 Å². The second kappa shape index (κ2) is 7.38. The van der Waals surface area contributed by atoms with Crippen LogP contribution in [0.15, 0.2) is 22.7 Å². The van der Waals surface area contributed by atoms with Crippen LogP contribution in [0, 0.1) is 11.7 Å². The van der Waals surface area contributed by atoms with Crippen molar-refractivity contribution in [2.75, 3.05) is 7.11 Å². The van der Waals surface area contributed by atoms with E-state index in [9.17, 15) is 14.0 Å². The number of benzene rings is 1. The van der Waals surface area contributed by atoms with Gasteiger partial charge in [0.05, 0.1) is 12.7 Å². The van der Waals surface area contributed by atoms with Gasteiger partial charge in [-0.3, -0.25) is 4.79 Å². The molecule has 4 nitrogen and oxygen atoms in total. The van der Waals surface area contributed by atoms with E-state index in [0.29, 0.717) is 10.9 Å². The van der Waals surface area contributed by atoms with E-state index < -0.39 is 23.7 Å². The highest BCUT2D eigenvalue weighted by atomic mass is 79.9. The molecular formula is C14H17BrFNO3. The smallest absolute Gasteiger partial charge is 0.328 e. The Morgan fingerprint density at radius 3 is 2.60 bits per heavy atom. The zero-order valence-corrected chi connectivity index (χ0v) is 13.2. The third-order valence-electron chi connectivity index (χ3n) is 3.13. The summed E-state index contributed by atoms with van der Waals surface area (Å²) in [5, 5.41) is 2.63. The molecular weight excluding hydrogens is 329 g/mol. The topological polar surface area (TPSA) is 55.4 Å². The van der Waals surface area contributed by atoms with Crippen LogP contribution in [0.1, 0.15) is 30.6 Å². The molecule has 0 saturated carbocycles. The van der Waals surface area contributed by atoms with Crippen molar-refractivity contribution in [2.45, 2.75) is 26.3 Å². The molecule has 0 aromatic heterocycles. The molecule has 0 aliphatic heterocycles. The van der Waals surface area contributed by atoms with Gasteiger partial charge in [-0.05, 0) is 40.0 Å². The van der Waals surface area contributed by atoms with Crippen LogP contribution in [-0.4, -0.2) is 25.0 Å². The fourth-order valence-corrected chi connectivity index (χ4v) is 2.22. The molecule has 110 valence electrons. The van der Waals surface area contributed by atoms with Crippen molar-refractivity contribution in [3.05, 3.63) is 34.1 Å². The number of hydrogen-bond acceptors (Lipinski definition) is 3. The molecule has 0 unspecified atom stereocenters. The summed E-state index contributed by atoms with van der Waals surface area (Å²) < 4.78 is 18.0. The van der Waals surface area contributed by atoms with Gasteiger partial charge in [-0.2, -0.15) is 0 Å². The van der Waals surface area contributed by atoms with Crippen LogP contribution in [0.5, 0.6) is 0 Å². The zero-order chi connectivity index (χ0) is 15.3. The summed E-state index contributed by atoms with van der Waals surface area (Å²) in [7, 11) is 1.28. The highest BCUT2D eigenvalue weighted by molar-refractivity contribution is 9.10. The van der Waals surface area contributed by atoms with Crippen molar-refractivity contribution in [1.29, 1.82) is 0 Å². The van der Waals surface area contributed by atoms with Gasteiger partial charge in [-0.15, -0.1) is 0 Å². The van der Waals surface area contributed by atoms with Gasteiger partial charge in [-0.25, -0.2) is 9.18 Å². The second-order valence-electron chi connectivity index (χ2n) is 4.48. The van der Waals surface area contributed by atoms with E-state index in [2.05, 4.69) is 21.2 Å². The Morgan fingerprint density at radius 2 is 2.10 bits per heavy atom. The minimum atomic E-state index is -0.727. The average Bonchev–Trinajstić information content (AvgIpc) is 2.42. The lowest BCUT2D eigenvalue weighted by Gasteiger charge is -2.22. The molecule has 20 heavy (non-hydrogen) atoms.